The fourth-order valence-electron chi connectivity index (χ4n) is 3.41. The monoisotopic (exact) mass is 358 g/mol. The summed E-state index contributed by atoms with van der Waals surface area (Å²) in [6.07, 6.45) is 3.29. The summed E-state index contributed by atoms with van der Waals surface area (Å²) in [7, 11) is 0. The van der Waals surface area contributed by atoms with Gasteiger partial charge in [0.15, 0.2) is 0 Å². The molecule has 0 bridgehead atoms. The molecule has 26 heavy (non-hydrogen) atoms. The largest absolute Gasteiger partial charge is 0.479 e. The molecule has 8 heteroatoms. The van der Waals surface area contributed by atoms with Gasteiger partial charge in [-0.2, -0.15) is 0 Å². The molecule has 8 nitrogen and oxygen atoms in total. The standard InChI is InChI=1S/C18H22N4O4/c1-4-26-14-11-18(16(24)25,17(14,2)3)20-15(23)12-5-7-13(8-6-12)22-10-9-19-21-22/h5-10,14H,4,11H2,1-3H3,(H,20,23)(H,24,25). The van der Waals surface area contributed by atoms with Crippen LogP contribution in [0.2, 0.25) is 0 Å². The zero-order valence-corrected chi connectivity index (χ0v) is 15.0. The third kappa shape index (κ3) is 2.76. The second kappa shape index (κ2) is 6.53. The predicted molar refractivity (Wildman–Crippen MR) is 93.0 cm³/mol. The van der Waals surface area contributed by atoms with Crippen LogP contribution >= 0.6 is 0 Å². The molecule has 0 spiro atoms. The van der Waals surface area contributed by atoms with Crippen molar-refractivity contribution in [2.45, 2.75) is 38.8 Å². The number of hydrogen-bond donors (Lipinski definition) is 2. The number of aromatic nitrogens is 3. The normalized spacial score (nSPS) is 23.9. The van der Waals surface area contributed by atoms with Gasteiger partial charge in [0, 0.05) is 24.0 Å². The van der Waals surface area contributed by atoms with E-state index in [1.54, 1.807) is 55.2 Å². The topological polar surface area (TPSA) is 106 Å². The summed E-state index contributed by atoms with van der Waals surface area (Å²) < 4.78 is 7.18. The van der Waals surface area contributed by atoms with Gasteiger partial charge < -0.3 is 15.2 Å². The maximum absolute atomic E-state index is 12.7. The third-order valence-corrected chi connectivity index (χ3v) is 5.27. The first-order chi connectivity index (χ1) is 12.3. The second-order valence-corrected chi connectivity index (χ2v) is 6.93. The second-order valence-electron chi connectivity index (χ2n) is 6.93. The molecule has 2 unspecified atom stereocenters. The van der Waals surface area contributed by atoms with Gasteiger partial charge in [-0.15, -0.1) is 5.10 Å². The Hall–Kier alpha value is -2.74. The minimum atomic E-state index is -1.35. The molecule has 0 aliphatic heterocycles. The van der Waals surface area contributed by atoms with Gasteiger partial charge in [-0.05, 0) is 31.2 Å². The first kappa shape index (κ1) is 18.1. The van der Waals surface area contributed by atoms with E-state index >= 15 is 0 Å². The number of nitrogens with one attached hydrogen (secondary N) is 1. The van der Waals surface area contributed by atoms with Crippen LogP contribution in [-0.4, -0.2) is 50.2 Å². The predicted octanol–water partition coefficient (Wildman–Crippen LogP) is 1.66. The summed E-state index contributed by atoms with van der Waals surface area (Å²) in [6.45, 7) is 5.98. The number of benzene rings is 1. The van der Waals surface area contributed by atoms with Crippen LogP contribution in [0.25, 0.3) is 5.69 Å². The number of amides is 1. The van der Waals surface area contributed by atoms with Crippen molar-refractivity contribution in [2.24, 2.45) is 5.41 Å². The van der Waals surface area contributed by atoms with Crippen molar-refractivity contribution in [3.8, 4) is 5.69 Å². The molecule has 1 fully saturated rings. The number of carboxylic acids is 1. The van der Waals surface area contributed by atoms with Crippen molar-refractivity contribution in [3.63, 3.8) is 0 Å². The SMILES string of the molecule is CCOC1CC(NC(=O)c2ccc(-n3ccnn3)cc2)(C(=O)O)C1(C)C. The van der Waals surface area contributed by atoms with Gasteiger partial charge in [-0.25, -0.2) is 9.48 Å². The lowest BCUT2D eigenvalue weighted by atomic mass is 9.54. The van der Waals surface area contributed by atoms with Crippen LogP contribution in [-0.2, 0) is 9.53 Å². The number of carbonyl (C=O) groups excluding carboxylic acids is 1. The van der Waals surface area contributed by atoms with E-state index in [0.717, 1.165) is 5.69 Å². The average Bonchev–Trinajstić information content (AvgIpc) is 3.15. The minimum Gasteiger partial charge on any atom is -0.479 e. The highest BCUT2D eigenvalue weighted by Gasteiger charge is 2.66. The van der Waals surface area contributed by atoms with Crippen molar-refractivity contribution < 1.29 is 19.4 Å². The molecular weight excluding hydrogens is 336 g/mol. The molecule has 2 N–H and O–H groups in total. The molecule has 0 saturated heterocycles. The summed E-state index contributed by atoms with van der Waals surface area (Å²) in [5.74, 6) is -1.48. The Morgan fingerprint density at radius 2 is 2.04 bits per heavy atom. The highest BCUT2D eigenvalue weighted by molar-refractivity contribution is 5.98. The minimum absolute atomic E-state index is 0.210. The molecule has 0 radical (unpaired) electrons. The molecule has 1 aliphatic carbocycles. The number of nitrogens with zero attached hydrogens (tertiary/aromatic N) is 3. The fourth-order valence-corrected chi connectivity index (χ4v) is 3.41. The molecule has 2 atom stereocenters. The van der Waals surface area contributed by atoms with Crippen LogP contribution in [0.15, 0.2) is 36.7 Å². The van der Waals surface area contributed by atoms with Gasteiger partial charge >= 0.3 is 5.97 Å². The molecule has 1 aliphatic rings. The smallest absolute Gasteiger partial charge is 0.330 e. The maximum Gasteiger partial charge on any atom is 0.330 e. The summed E-state index contributed by atoms with van der Waals surface area (Å²) in [5, 5.41) is 20.1. The van der Waals surface area contributed by atoms with Crippen LogP contribution < -0.4 is 5.32 Å². The van der Waals surface area contributed by atoms with E-state index in [9.17, 15) is 14.7 Å². The first-order valence-corrected chi connectivity index (χ1v) is 8.46. The quantitative estimate of drug-likeness (QED) is 0.813. The average molecular weight is 358 g/mol. The van der Waals surface area contributed by atoms with Crippen LogP contribution in [0, 0.1) is 5.41 Å². The number of carboxylic acid groups (broad SMARTS) is 1. The van der Waals surface area contributed by atoms with E-state index in [2.05, 4.69) is 15.6 Å². The molecule has 3 rings (SSSR count). The van der Waals surface area contributed by atoms with E-state index in [1.807, 2.05) is 6.92 Å². The van der Waals surface area contributed by atoms with Gasteiger partial charge in [0.2, 0.25) is 0 Å². The summed E-state index contributed by atoms with van der Waals surface area (Å²) in [5.41, 5.74) is -0.933. The lowest BCUT2D eigenvalue weighted by Gasteiger charge is -2.58. The zero-order valence-electron chi connectivity index (χ0n) is 15.0. The molecule has 1 amide bonds. The van der Waals surface area contributed by atoms with Gasteiger partial charge in [0.25, 0.3) is 5.91 Å². The van der Waals surface area contributed by atoms with Crippen LogP contribution in [0.1, 0.15) is 37.6 Å². The van der Waals surface area contributed by atoms with Crippen molar-refractivity contribution in [1.29, 1.82) is 0 Å². The Morgan fingerprint density at radius 3 is 2.54 bits per heavy atom. The Bertz CT molecular complexity index is 801. The molecule has 1 aromatic heterocycles. The van der Waals surface area contributed by atoms with Crippen molar-refractivity contribution in [1.82, 2.24) is 20.3 Å². The summed E-state index contributed by atoms with van der Waals surface area (Å²) >= 11 is 0. The molecule has 1 saturated carbocycles. The van der Waals surface area contributed by atoms with Gasteiger partial charge in [0.1, 0.15) is 5.54 Å². The zero-order chi connectivity index (χ0) is 18.9. The molecule has 138 valence electrons. The van der Waals surface area contributed by atoms with E-state index in [-0.39, 0.29) is 12.5 Å². The number of ether oxygens (including phenoxy) is 1. The van der Waals surface area contributed by atoms with Gasteiger partial charge in [-0.3, -0.25) is 4.79 Å². The first-order valence-electron chi connectivity index (χ1n) is 8.46. The molecule has 1 heterocycles. The van der Waals surface area contributed by atoms with E-state index in [0.29, 0.717) is 12.2 Å². The Labute approximate surface area is 151 Å². The summed E-state index contributed by atoms with van der Waals surface area (Å²) in [6, 6.07) is 6.72. The molecule has 2 aromatic rings. The van der Waals surface area contributed by atoms with Crippen molar-refractivity contribution >= 4 is 11.9 Å². The highest BCUT2D eigenvalue weighted by Crippen LogP contribution is 2.51. The van der Waals surface area contributed by atoms with E-state index in [1.165, 1.54) is 0 Å². The van der Waals surface area contributed by atoms with E-state index < -0.39 is 22.8 Å². The fraction of sp³-hybridized carbons (Fsp3) is 0.444. The number of rotatable bonds is 6. The van der Waals surface area contributed by atoms with E-state index in [4.69, 9.17) is 4.74 Å². The lowest BCUT2D eigenvalue weighted by molar-refractivity contribution is -0.190. The number of hydrogen-bond acceptors (Lipinski definition) is 5. The maximum atomic E-state index is 12.7. The van der Waals surface area contributed by atoms with Crippen LogP contribution in [0.5, 0.6) is 0 Å². The van der Waals surface area contributed by atoms with Crippen molar-refractivity contribution in [3.05, 3.63) is 42.2 Å². The Kier molecular flexibility index (Phi) is 4.53. The number of carbonyl (C=O) groups is 2. The number of aliphatic carboxylic acids is 1. The Morgan fingerprint density at radius 1 is 1.35 bits per heavy atom. The molecule has 1 aromatic carbocycles. The van der Waals surface area contributed by atoms with Crippen LogP contribution in [0.4, 0.5) is 0 Å². The Balaban J connectivity index is 1.78. The van der Waals surface area contributed by atoms with Crippen LogP contribution in [0.3, 0.4) is 0 Å². The van der Waals surface area contributed by atoms with Crippen molar-refractivity contribution in [2.75, 3.05) is 6.61 Å². The lowest BCUT2D eigenvalue weighted by Crippen LogP contribution is -2.76. The highest BCUT2D eigenvalue weighted by atomic mass is 16.5. The van der Waals surface area contributed by atoms with Gasteiger partial charge in [-0.1, -0.05) is 19.1 Å². The third-order valence-electron chi connectivity index (χ3n) is 5.27. The van der Waals surface area contributed by atoms with Gasteiger partial charge in [0.05, 0.1) is 24.2 Å². The molecular formula is C18H22N4O4. The summed E-state index contributed by atoms with van der Waals surface area (Å²) in [4.78, 5) is 24.6.